The normalized spacial score (nSPS) is 54.2. The molecule has 0 aromatic heterocycles. The molecule has 11 heteroatoms. The van der Waals surface area contributed by atoms with Gasteiger partial charge in [0.2, 0.25) is 0 Å². The maximum atomic E-state index is 11.8. The van der Waals surface area contributed by atoms with Crippen molar-refractivity contribution in [3.8, 4) is 0 Å². The molecular formula is C40H68O11. The Kier molecular flexibility index (Phi) is 11.4. The Labute approximate surface area is 305 Å². The lowest BCUT2D eigenvalue weighted by atomic mass is 9.78. The Balaban J connectivity index is 1.13. The van der Waals surface area contributed by atoms with Crippen molar-refractivity contribution in [3.63, 3.8) is 0 Å². The van der Waals surface area contributed by atoms with Gasteiger partial charge in [0.1, 0.15) is 0 Å². The lowest BCUT2D eigenvalue weighted by molar-refractivity contribution is -0.353. The van der Waals surface area contributed by atoms with Gasteiger partial charge in [-0.1, -0.05) is 41.5 Å². The largest absolute Gasteiger partial charge is 0.481 e. The molecule has 1 spiro atoms. The van der Waals surface area contributed by atoms with Crippen LogP contribution in [0.1, 0.15) is 120 Å². The van der Waals surface area contributed by atoms with Crippen LogP contribution in [0.2, 0.25) is 0 Å². The standard InChI is InChI=1S/C40H68O11/c1-21-11-12-28(46-33(21)26(6)36(42)43)17-29-18-30(45-10)27(7)40(48-29)25(5)19-38(9,51-40)32-13-14-37(8,49-32)35-23(3)16-31(47-35)34-22(2)15-24(4)39(44,20-41)50-34/h21-35,41,44H,11-20H2,1-10H3,(H,42,43)/t21-,22-,23-,24+,25?,26?,27-,28+,29+,30+,31+,32?,33?,34-,35?,37?,38?,39-,40+/m0/s1. The highest BCUT2D eigenvalue weighted by Gasteiger charge is 2.65. The number of rotatable bonds is 9. The van der Waals surface area contributed by atoms with Crippen LogP contribution < -0.4 is 0 Å². The third kappa shape index (κ3) is 7.19. The first-order chi connectivity index (χ1) is 23.9. The number of carboxylic acids is 1. The Morgan fingerprint density at radius 2 is 1.59 bits per heavy atom. The number of carboxylic acid groups (broad SMARTS) is 1. The van der Waals surface area contributed by atoms with Gasteiger partial charge in [-0.3, -0.25) is 4.79 Å². The molecule has 6 fully saturated rings. The zero-order chi connectivity index (χ0) is 37.3. The van der Waals surface area contributed by atoms with Crippen molar-refractivity contribution in [3.05, 3.63) is 0 Å². The first-order valence-corrected chi connectivity index (χ1v) is 20.0. The quantitative estimate of drug-likeness (QED) is 0.269. The molecule has 51 heavy (non-hydrogen) atoms. The van der Waals surface area contributed by atoms with Gasteiger partial charge in [0.05, 0.1) is 72.6 Å². The Morgan fingerprint density at radius 3 is 2.25 bits per heavy atom. The molecule has 0 radical (unpaired) electrons. The van der Waals surface area contributed by atoms with E-state index in [0.717, 1.165) is 51.4 Å². The first-order valence-electron chi connectivity index (χ1n) is 20.0. The van der Waals surface area contributed by atoms with E-state index in [4.69, 9.17) is 33.2 Å². The highest BCUT2D eigenvalue weighted by molar-refractivity contribution is 5.70. The van der Waals surface area contributed by atoms with E-state index in [1.54, 1.807) is 14.0 Å². The smallest absolute Gasteiger partial charge is 0.308 e. The SMILES string of the molecule is CO[C@@H]1C[C@@H](C[C@H]2CC[C@H](C)C(C(C)C(=O)O)O2)O[C@]2(OC(C)(C3CCC(C)(C4O[C@@H]([C@H]5O[C@@](O)(CO)[C@H](C)C[C@@H]5C)C[C@@H]4C)O3)CC2C)[C@H]1C. The minimum Gasteiger partial charge on any atom is -0.481 e. The number of carbonyl (C=O) groups is 1. The van der Waals surface area contributed by atoms with Gasteiger partial charge < -0.3 is 48.5 Å². The van der Waals surface area contributed by atoms with E-state index in [1.165, 1.54) is 0 Å². The highest BCUT2D eigenvalue weighted by atomic mass is 16.7. The summed E-state index contributed by atoms with van der Waals surface area (Å²) in [5.74, 6) is -3.26. The molecule has 6 saturated heterocycles. The number of aliphatic hydroxyl groups excluding tert-OH is 1. The monoisotopic (exact) mass is 724 g/mol. The summed E-state index contributed by atoms with van der Waals surface area (Å²) in [5.41, 5.74) is -1.10. The summed E-state index contributed by atoms with van der Waals surface area (Å²) >= 11 is 0. The van der Waals surface area contributed by atoms with Crippen molar-refractivity contribution in [2.24, 2.45) is 41.4 Å². The molecule has 0 bridgehead atoms. The molecule has 294 valence electrons. The van der Waals surface area contributed by atoms with Crippen LogP contribution in [-0.4, -0.2) is 107 Å². The van der Waals surface area contributed by atoms with Crippen LogP contribution in [0.4, 0.5) is 0 Å². The Bertz CT molecular complexity index is 1230. The molecule has 0 aliphatic carbocycles. The zero-order valence-corrected chi connectivity index (χ0v) is 32.8. The van der Waals surface area contributed by atoms with E-state index in [9.17, 15) is 20.1 Å². The predicted molar refractivity (Wildman–Crippen MR) is 189 cm³/mol. The number of methoxy groups -OCH3 is 1. The van der Waals surface area contributed by atoms with Crippen LogP contribution in [0, 0.1) is 41.4 Å². The molecule has 11 nitrogen and oxygen atoms in total. The van der Waals surface area contributed by atoms with E-state index < -0.39 is 41.3 Å². The average Bonchev–Trinajstić information content (AvgIpc) is 3.75. The second-order valence-corrected chi connectivity index (χ2v) is 18.4. The second kappa shape index (κ2) is 14.6. The van der Waals surface area contributed by atoms with Crippen molar-refractivity contribution < 1.29 is 53.3 Å². The summed E-state index contributed by atoms with van der Waals surface area (Å²) in [6, 6.07) is 0. The topological polar surface area (TPSA) is 142 Å². The zero-order valence-electron chi connectivity index (χ0n) is 32.8. The Morgan fingerprint density at radius 1 is 0.863 bits per heavy atom. The molecule has 6 heterocycles. The minimum absolute atomic E-state index is 0.00727. The van der Waals surface area contributed by atoms with Gasteiger partial charge in [-0.15, -0.1) is 0 Å². The van der Waals surface area contributed by atoms with Gasteiger partial charge in [-0.25, -0.2) is 0 Å². The molecule has 3 N–H and O–H groups in total. The third-order valence-corrected chi connectivity index (χ3v) is 14.4. The van der Waals surface area contributed by atoms with E-state index in [2.05, 4.69) is 48.5 Å². The van der Waals surface area contributed by atoms with Crippen LogP contribution in [0.3, 0.4) is 0 Å². The van der Waals surface area contributed by atoms with Crippen LogP contribution in [-0.2, 0) is 38.0 Å². The number of ether oxygens (including phenoxy) is 7. The minimum atomic E-state index is -1.55. The molecule has 0 amide bonds. The summed E-state index contributed by atoms with van der Waals surface area (Å²) in [4.78, 5) is 11.8. The Hall–Kier alpha value is -0.890. The van der Waals surface area contributed by atoms with E-state index >= 15 is 0 Å². The summed E-state index contributed by atoms with van der Waals surface area (Å²) < 4.78 is 47.0. The van der Waals surface area contributed by atoms with Crippen molar-refractivity contribution in [1.82, 2.24) is 0 Å². The fourth-order valence-corrected chi connectivity index (χ4v) is 11.3. The van der Waals surface area contributed by atoms with Crippen molar-refractivity contribution in [2.75, 3.05) is 13.7 Å². The van der Waals surface area contributed by atoms with E-state index in [1.807, 2.05) is 6.92 Å². The molecular weight excluding hydrogens is 656 g/mol. The summed E-state index contributed by atoms with van der Waals surface area (Å²) in [7, 11) is 1.77. The van der Waals surface area contributed by atoms with Crippen LogP contribution in [0.5, 0.6) is 0 Å². The van der Waals surface area contributed by atoms with Crippen LogP contribution in [0.25, 0.3) is 0 Å². The molecule has 6 rings (SSSR count). The predicted octanol–water partition coefficient (Wildman–Crippen LogP) is 5.71. The van der Waals surface area contributed by atoms with Crippen molar-refractivity contribution >= 4 is 5.97 Å². The van der Waals surface area contributed by atoms with Gasteiger partial charge in [0.25, 0.3) is 0 Å². The lowest BCUT2D eigenvalue weighted by Gasteiger charge is -2.50. The average molecular weight is 725 g/mol. The van der Waals surface area contributed by atoms with E-state index in [-0.39, 0.29) is 84.3 Å². The fourth-order valence-electron chi connectivity index (χ4n) is 11.3. The van der Waals surface area contributed by atoms with Gasteiger partial charge >= 0.3 is 5.97 Å². The second-order valence-electron chi connectivity index (χ2n) is 18.4. The van der Waals surface area contributed by atoms with Crippen molar-refractivity contribution in [1.29, 1.82) is 0 Å². The lowest BCUT2D eigenvalue weighted by Crippen LogP contribution is -2.58. The summed E-state index contributed by atoms with van der Waals surface area (Å²) in [5, 5.41) is 30.7. The van der Waals surface area contributed by atoms with Crippen LogP contribution in [0.15, 0.2) is 0 Å². The molecule has 0 aromatic rings. The first kappa shape index (κ1) is 39.8. The van der Waals surface area contributed by atoms with Crippen molar-refractivity contribution in [2.45, 2.75) is 192 Å². The number of hydrogen-bond acceptors (Lipinski definition) is 10. The number of aliphatic hydroxyl groups is 2. The summed E-state index contributed by atoms with van der Waals surface area (Å²) in [6.07, 6.45) is 5.85. The fraction of sp³-hybridized carbons (Fsp3) is 0.975. The maximum Gasteiger partial charge on any atom is 0.308 e. The number of aliphatic carboxylic acids is 1. The molecule has 7 unspecified atom stereocenters. The number of hydrogen-bond donors (Lipinski definition) is 3. The van der Waals surface area contributed by atoms with Gasteiger partial charge in [-0.2, -0.15) is 0 Å². The highest BCUT2D eigenvalue weighted by Crippen LogP contribution is 2.57. The maximum absolute atomic E-state index is 11.8. The van der Waals surface area contributed by atoms with E-state index in [0.29, 0.717) is 6.42 Å². The molecule has 6 aliphatic rings. The molecule has 19 atom stereocenters. The molecule has 0 aromatic carbocycles. The van der Waals surface area contributed by atoms with Gasteiger partial charge in [-0.05, 0) is 83.5 Å². The van der Waals surface area contributed by atoms with Crippen LogP contribution >= 0.6 is 0 Å². The van der Waals surface area contributed by atoms with Gasteiger partial charge in [0.15, 0.2) is 11.6 Å². The summed E-state index contributed by atoms with van der Waals surface area (Å²) in [6.45, 7) is 18.4. The molecule has 0 saturated carbocycles. The van der Waals surface area contributed by atoms with Gasteiger partial charge in [0, 0.05) is 37.7 Å². The molecule has 6 aliphatic heterocycles. The third-order valence-electron chi connectivity index (χ3n) is 14.4.